The Morgan fingerprint density at radius 2 is 2.56 bits per heavy atom. The van der Waals surface area contributed by atoms with E-state index in [0.717, 1.165) is 37.6 Å². The number of aromatic nitrogens is 1. The number of anilines is 1. The second-order valence-electron chi connectivity index (χ2n) is 3.87. The minimum absolute atomic E-state index is 0.373. The van der Waals surface area contributed by atoms with Gasteiger partial charge in [0.05, 0.1) is 12.2 Å². The molecule has 0 radical (unpaired) electrons. The summed E-state index contributed by atoms with van der Waals surface area (Å²) in [5, 5.41) is 3.28. The van der Waals surface area contributed by atoms with Crippen LogP contribution in [0.2, 0.25) is 0 Å². The molecule has 2 heterocycles. The summed E-state index contributed by atoms with van der Waals surface area (Å²) < 4.78 is 5.31. The third-order valence-corrected chi connectivity index (χ3v) is 2.88. The average Bonchev–Trinajstić information content (AvgIpc) is 2.79. The lowest BCUT2D eigenvalue weighted by molar-refractivity contribution is 0.187. The monoisotopic (exact) mass is 237 g/mol. The lowest BCUT2D eigenvalue weighted by Crippen LogP contribution is -2.19. The van der Waals surface area contributed by atoms with Gasteiger partial charge in [-0.3, -0.25) is 0 Å². The molecule has 2 rings (SSSR count). The zero-order valence-electron chi connectivity index (χ0n) is 8.98. The summed E-state index contributed by atoms with van der Waals surface area (Å²) in [7, 11) is 0. The van der Waals surface area contributed by atoms with E-state index in [9.17, 15) is 0 Å². The van der Waals surface area contributed by atoms with Crippen molar-refractivity contribution < 1.29 is 4.74 Å². The average molecular weight is 237 g/mol. The number of nitrogens with one attached hydrogen (secondary N) is 1. The molecule has 0 bridgehead atoms. The highest BCUT2D eigenvalue weighted by atomic mass is 32.1. The number of hydrogen-bond donors (Lipinski definition) is 2. The van der Waals surface area contributed by atoms with Crippen LogP contribution in [0.4, 0.5) is 5.82 Å². The molecule has 1 atom stereocenters. The highest BCUT2D eigenvalue weighted by Gasteiger charge is 2.16. The Bertz CT molecular complexity index is 377. The van der Waals surface area contributed by atoms with Crippen molar-refractivity contribution in [2.45, 2.75) is 6.42 Å². The summed E-state index contributed by atoms with van der Waals surface area (Å²) in [5.41, 5.74) is 6.43. The number of nitrogens with zero attached hydrogens (tertiary/aromatic N) is 1. The van der Waals surface area contributed by atoms with Crippen LogP contribution < -0.4 is 11.1 Å². The minimum atomic E-state index is 0.373. The van der Waals surface area contributed by atoms with Gasteiger partial charge in [-0.25, -0.2) is 4.98 Å². The summed E-state index contributed by atoms with van der Waals surface area (Å²) in [5.74, 6) is 1.32. The number of hydrogen-bond acceptors (Lipinski definition) is 4. The summed E-state index contributed by atoms with van der Waals surface area (Å²) in [6.45, 7) is 2.53. The molecule has 16 heavy (non-hydrogen) atoms. The lowest BCUT2D eigenvalue weighted by atomic mass is 10.1. The highest BCUT2D eigenvalue weighted by molar-refractivity contribution is 7.80. The van der Waals surface area contributed by atoms with Crippen molar-refractivity contribution in [3.8, 4) is 0 Å². The van der Waals surface area contributed by atoms with Crippen molar-refractivity contribution >= 4 is 23.0 Å². The molecule has 1 aliphatic heterocycles. The van der Waals surface area contributed by atoms with Crippen LogP contribution in [0.1, 0.15) is 12.0 Å². The third-order valence-electron chi connectivity index (χ3n) is 2.66. The van der Waals surface area contributed by atoms with Crippen molar-refractivity contribution in [2.24, 2.45) is 11.7 Å². The van der Waals surface area contributed by atoms with E-state index < -0.39 is 0 Å². The first kappa shape index (κ1) is 11.3. The molecule has 5 heteroatoms. The van der Waals surface area contributed by atoms with Crippen LogP contribution in [-0.4, -0.2) is 29.7 Å². The van der Waals surface area contributed by atoms with Crippen LogP contribution in [0.3, 0.4) is 0 Å². The van der Waals surface area contributed by atoms with Gasteiger partial charge in [-0.2, -0.15) is 0 Å². The lowest BCUT2D eigenvalue weighted by Gasteiger charge is -2.12. The Morgan fingerprint density at radius 1 is 1.69 bits per heavy atom. The van der Waals surface area contributed by atoms with Crippen LogP contribution in [0.25, 0.3) is 0 Å². The Kier molecular flexibility index (Phi) is 3.69. The zero-order chi connectivity index (χ0) is 11.4. The van der Waals surface area contributed by atoms with Gasteiger partial charge in [0.2, 0.25) is 0 Å². The molecule has 1 aromatic heterocycles. The number of nitrogens with two attached hydrogens (primary N) is 1. The fourth-order valence-electron chi connectivity index (χ4n) is 1.73. The SMILES string of the molecule is NC(=S)c1cccnc1NCC1CCOC1. The normalized spacial score (nSPS) is 19.6. The summed E-state index contributed by atoms with van der Waals surface area (Å²) in [6.07, 6.45) is 2.83. The number of thiocarbonyl (C=S) groups is 1. The van der Waals surface area contributed by atoms with Gasteiger partial charge in [-0.1, -0.05) is 12.2 Å². The molecule has 0 amide bonds. The largest absolute Gasteiger partial charge is 0.389 e. The van der Waals surface area contributed by atoms with E-state index in [1.165, 1.54) is 0 Å². The second kappa shape index (κ2) is 5.23. The van der Waals surface area contributed by atoms with Gasteiger partial charge in [0, 0.05) is 25.3 Å². The van der Waals surface area contributed by atoms with Crippen molar-refractivity contribution in [3.05, 3.63) is 23.9 Å². The predicted molar refractivity (Wildman–Crippen MR) is 67.5 cm³/mol. The van der Waals surface area contributed by atoms with Crippen LogP contribution in [0.5, 0.6) is 0 Å². The van der Waals surface area contributed by atoms with Crippen molar-refractivity contribution in [1.29, 1.82) is 0 Å². The maximum Gasteiger partial charge on any atom is 0.136 e. The van der Waals surface area contributed by atoms with Gasteiger partial charge >= 0.3 is 0 Å². The van der Waals surface area contributed by atoms with Crippen LogP contribution in [0.15, 0.2) is 18.3 Å². The molecule has 1 unspecified atom stereocenters. The molecule has 1 aliphatic rings. The van der Waals surface area contributed by atoms with E-state index in [2.05, 4.69) is 10.3 Å². The summed E-state index contributed by atoms with van der Waals surface area (Å²) >= 11 is 4.97. The molecule has 86 valence electrons. The molecule has 0 aliphatic carbocycles. The summed E-state index contributed by atoms with van der Waals surface area (Å²) in [6, 6.07) is 3.71. The van der Waals surface area contributed by atoms with Gasteiger partial charge in [0.15, 0.2) is 0 Å². The fraction of sp³-hybridized carbons (Fsp3) is 0.455. The summed E-state index contributed by atoms with van der Waals surface area (Å²) in [4.78, 5) is 4.61. The first-order chi connectivity index (χ1) is 7.77. The first-order valence-corrected chi connectivity index (χ1v) is 5.74. The van der Waals surface area contributed by atoms with Crippen LogP contribution in [0, 0.1) is 5.92 Å². The minimum Gasteiger partial charge on any atom is -0.389 e. The number of rotatable bonds is 4. The van der Waals surface area contributed by atoms with E-state index in [4.69, 9.17) is 22.7 Å². The Morgan fingerprint density at radius 3 is 3.25 bits per heavy atom. The zero-order valence-corrected chi connectivity index (χ0v) is 9.80. The van der Waals surface area contributed by atoms with Gasteiger partial charge < -0.3 is 15.8 Å². The molecule has 0 aromatic carbocycles. The topological polar surface area (TPSA) is 60.2 Å². The molecule has 1 aromatic rings. The van der Waals surface area contributed by atoms with Crippen molar-refractivity contribution in [3.63, 3.8) is 0 Å². The molecule has 1 fully saturated rings. The van der Waals surface area contributed by atoms with E-state index in [-0.39, 0.29) is 0 Å². The number of pyridine rings is 1. The van der Waals surface area contributed by atoms with Gasteiger partial charge in [0.25, 0.3) is 0 Å². The van der Waals surface area contributed by atoms with Crippen molar-refractivity contribution in [2.75, 3.05) is 25.1 Å². The van der Waals surface area contributed by atoms with Crippen molar-refractivity contribution in [1.82, 2.24) is 4.98 Å². The molecule has 0 saturated carbocycles. The quantitative estimate of drug-likeness (QED) is 0.770. The molecule has 3 N–H and O–H groups in total. The van der Waals surface area contributed by atoms with Crippen LogP contribution >= 0.6 is 12.2 Å². The Labute approximate surface area is 100 Å². The number of ether oxygens (including phenoxy) is 1. The maximum absolute atomic E-state index is 5.63. The Balaban J connectivity index is 2.00. The first-order valence-electron chi connectivity index (χ1n) is 5.34. The standard InChI is InChI=1S/C11H15N3OS/c12-10(16)9-2-1-4-13-11(9)14-6-8-3-5-15-7-8/h1-2,4,8H,3,5-7H2,(H2,12,16)(H,13,14). The van der Waals surface area contributed by atoms with Gasteiger partial charge in [0.1, 0.15) is 10.8 Å². The molecule has 4 nitrogen and oxygen atoms in total. The Hall–Kier alpha value is -1.20. The molecule has 0 spiro atoms. The van der Waals surface area contributed by atoms with E-state index in [1.54, 1.807) is 6.20 Å². The molecule has 1 saturated heterocycles. The maximum atomic E-state index is 5.63. The van der Waals surface area contributed by atoms with Gasteiger partial charge in [-0.15, -0.1) is 0 Å². The van der Waals surface area contributed by atoms with E-state index in [0.29, 0.717) is 10.9 Å². The highest BCUT2D eigenvalue weighted by Crippen LogP contribution is 2.15. The predicted octanol–water partition coefficient (Wildman–Crippen LogP) is 1.16. The van der Waals surface area contributed by atoms with E-state index in [1.807, 2.05) is 12.1 Å². The molecular weight excluding hydrogens is 222 g/mol. The van der Waals surface area contributed by atoms with Crippen LogP contribution in [-0.2, 0) is 4.74 Å². The third kappa shape index (κ3) is 2.68. The fourth-order valence-corrected chi connectivity index (χ4v) is 1.90. The molecular formula is C11H15N3OS. The van der Waals surface area contributed by atoms with E-state index >= 15 is 0 Å². The smallest absolute Gasteiger partial charge is 0.136 e. The van der Waals surface area contributed by atoms with Gasteiger partial charge in [-0.05, 0) is 18.6 Å². The second-order valence-corrected chi connectivity index (χ2v) is 4.31.